The van der Waals surface area contributed by atoms with Crippen molar-refractivity contribution in [3.63, 3.8) is 0 Å². The predicted molar refractivity (Wildman–Crippen MR) is 85.3 cm³/mol. The molecule has 1 aromatic heterocycles. The first-order valence-corrected chi connectivity index (χ1v) is 7.72. The van der Waals surface area contributed by atoms with E-state index in [4.69, 9.17) is 0 Å². The van der Waals surface area contributed by atoms with Crippen LogP contribution in [0.5, 0.6) is 0 Å². The lowest BCUT2D eigenvalue weighted by molar-refractivity contribution is 0.371. The van der Waals surface area contributed by atoms with E-state index in [9.17, 15) is 0 Å². The molecule has 0 amide bonds. The Hall–Kier alpha value is -1.13. The minimum Gasteiger partial charge on any atom is -0.352 e. The Morgan fingerprint density at radius 2 is 2.25 bits per heavy atom. The summed E-state index contributed by atoms with van der Waals surface area (Å²) >= 11 is 0. The smallest absolute Gasteiger partial charge is 0.128 e. The van der Waals surface area contributed by atoms with Crippen LogP contribution in [0.2, 0.25) is 0 Å². The average Bonchev–Trinajstić information content (AvgIpc) is 2.86. The topological polar surface area (TPSA) is 31.4 Å². The number of hydrogen-bond acceptors (Lipinski definition) is 4. The van der Waals surface area contributed by atoms with Gasteiger partial charge in [-0.1, -0.05) is 13.0 Å². The monoisotopic (exact) mass is 276 g/mol. The maximum Gasteiger partial charge on any atom is 0.128 e. The van der Waals surface area contributed by atoms with Gasteiger partial charge < -0.3 is 15.1 Å². The summed E-state index contributed by atoms with van der Waals surface area (Å²) in [5.41, 5.74) is 1.26. The second kappa shape index (κ2) is 7.04. The van der Waals surface area contributed by atoms with Gasteiger partial charge in [-0.15, -0.1) is 0 Å². The number of anilines is 1. The van der Waals surface area contributed by atoms with Crippen LogP contribution in [-0.2, 0) is 0 Å². The molecule has 4 heteroatoms. The van der Waals surface area contributed by atoms with E-state index in [1.165, 1.54) is 18.4 Å². The van der Waals surface area contributed by atoms with Crippen molar-refractivity contribution in [2.45, 2.75) is 38.8 Å². The Balaban J connectivity index is 2.05. The molecule has 1 aromatic rings. The van der Waals surface area contributed by atoms with E-state index in [1.807, 2.05) is 6.20 Å². The first kappa shape index (κ1) is 15.3. The summed E-state index contributed by atoms with van der Waals surface area (Å²) in [7, 11) is 4.29. The van der Waals surface area contributed by atoms with Gasteiger partial charge in [0.2, 0.25) is 0 Å². The Morgan fingerprint density at radius 3 is 2.85 bits per heavy atom. The van der Waals surface area contributed by atoms with Gasteiger partial charge >= 0.3 is 0 Å². The first-order valence-electron chi connectivity index (χ1n) is 7.72. The molecule has 0 radical (unpaired) electrons. The zero-order valence-corrected chi connectivity index (χ0v) is 13.3. The molecule has 2 unspecified atom stereocenters. The van der Waals surface area contributed by atoms with Crippen molar-refractivity contribution < 1.29 is 0 Å². The normalized spacial score (nSPS) is 20.6. The van der Waals surface area contributed by atoms with Gasteiger partial charge in [-0.05, 0) is 52.0 Å². The lowest BCUT2D eigenvalue weighted by atomic mass is 10.1. The fourth-order valence-electron chi connectivity index (χ4n) is 3.00. The van der Waals surface area contributed by atoms with E-state index in [0.29, 0.717) is 12.1 Å². The van der Waals surface area contributed by atoms with Crippen molar-refractivity contribution in [1.82, 2.24) is 15.2 Å². The summed E-state index contributed by atoms with van der Waals surface area (Å²) in [6.45, 7) is 7.55. The van der Waals surface area contributed by atoms with Crippen LogP contribution in [0.1, 0.15) is 38.3 Å². The van der Waals surface area contributed by atoms with Crippen molar-refractivity contribution in [3.8, 4) is 0 Å². The predicted octanol–water partition coefficient (Wildman–Crippen LogP) is 2.28. The van der Waals surface area contributed by atoms with Gasteiger partial charge in [-0.25, -0.2) is 4.98 Å². The molecule has 0 spiro atoms. The number of hydrogen-bond donors (Lipinski definition) is 1. The molecule has 1 aliphatic rings. The summed E-state index contributed by atoms with van der Waals surface area (Å²) < 4.78 is 0. The lowest BCUT2D eigenvalue weighted by Crippen LogP contribution is -2.38. The molecule has 0 saturated carbocycles. The summed E-state index contributed by atoms with van der Waals surface area (Å²) in [6, 6.07) is 5.37. The minimum atomic E-state index is 0.373. The van der Waals surface area contributed by atoms with Crippen molar-refractivity contribution in [3.05, 3.63) is 23.9 Å². The lowest BCUT2D eigenvalue weighted by Gasteiger charge is -2.28. The largest absolute Gasteiger partial charge is 0.352 e. The third-order valence-electron chi connectivity index (χ3n) is 4.03. The zero-order chi connectivity index (χ0) is 14.5. The van der Waals surface area contributed by atoms with Crippen molar-refractivity contribution in [2.24, 2.45) is 0 Å². The van der Waals surface area contributed by atoms with Crippen LogP contribution in [0.15, 0.2) is 18.3 Å². The van der Waals surface area contributed by atoms with E-state index < -0.39 is 0 Å². The number of nitrogens with zero attached hydrogens (tertiary/aromatic N) is 3. The van der Waals surface area contributed by atoms with Crippen LogP contribution >= 0.6 is 0 Å². The van der Waals surface area contributed by atoms with E-state index in [2.05, 4.69) is 60.2 Å². The van der Waals surface area contributed by atoms with Crippen LogP contribution in [0.3, 0.4) is 0 Å². The second-order valence-corrected chi connectivity index (χ2v) is 5.98. The van der Waals surface area contributed by atoms with E-state index in [-0.39, 0.29) is 0 Å². The highest BCUT2D eigenvalue weighted by atomic mass is 15.3. The number of nitrogens with one attached hydrogen (secondary N) is 1. The Kier molecular flexibility index (Phi) is 5.38. The fourth-order valence-corrected chi connectivity index (χ4v) is 3.00. The first-order chi connectivity index (χ1) is 9.61. The van der Waals surface area contributed by atoms with Gasteiger partial charge in [-0.3, -0.25) is 0 Å². The molecule has 2 heterocycles. The molecule has 1 saturated heterocycles. The molecule has 112 valence electrons. The summed E-state index contributed by atoms with van der Waals surface area (Å²) in [6.07, 6.45) is 4.57. The Bertz CT molecular complexity index is 401. The van der Waals surface area contributed by atoms with Crippen molar-refractivity contribution in [2.75, 3.05) is 38.6 Å². The molecule has 20 heavy (non-hydrogen) atoms. The number of likely N-dealkylation sites (N-methyl/N-ethyl adjacent to an activating group) is 1. The highest BCUT2D eigenvalue weighted by Crippen LogP contribution is 2.25. The second-order valence-electron chi connectivity index (χ2n) is 5.98. The third-order valence-corrected chi connectivity index (χ3v) is 4.03. The van der Waals surface area contributed by atoms with Crippen LogP contribution in [0.25, 0.3) is 0 Å². The van der Waals surface area contributed by atoms with Crippen molar-refractivity contribution >= 4 is 5.82 Å². The number of rotatable bonds is 6. The van der Waals surface area contributed by atoms with Gasteiger partial charge in [0.15, 0.2) is 0 Å². The SMILES string of the molecule is CCNC(C)c1ccc(N2CCCC2CN(C)C)nc1. The molecule has 0 aromatic carbocycles. The highest BCUT2D eigenvalue weighted by molar-refractivity contribution is 5.42. The summed E-state index contributed by atoms with van der Waals surface area (Å²) in [4.78, 5) is 9.42. The minimum absolute atomic E-state index is 0.373. The average molecular weight is 276 g/mol. The van der Waals surface area contributed by atoms with E-state index in [1.54, 1.807) is 0 Å². The maximum absolute atomic E-state index is 4.69. The molecule has 4 nitrogen and oxygen atoms in total. The summed E-state index contributed by atoms with van der Waals surface area (Å²) in [5.74, 6) is 1.13. The van der Waals surface area contributed by atoms with Crippen LogP contribution in [0.4, 0.5) is 5.82 Å². The van der Waals surface area contributed by atoms with Gasteiger partial charge in [0, 0.05) is 31.4 Å². The van der Waals surface area contributed by atoms with Gasteiger partial charge in [0.05, 0.1) is 0 Å². The number of pyridine rings is 1. The Labute approximate surface area is 123 Å². The molecule has 1 aliphatic heterocycles. The molecular weight excluding hydrogens is 248 g/mol. The summed E-state index contributed by atoms with van der Waals surface area (Å²) in [5, 5.41) is 3.43. The van der Waals surface area contributed by atoms with Gasteiger partial charge in [-0.2, -0.15) is 0 Å². The van der Waals surface area contributed by atoms with Crippen LogP contribution in [0, 0.1) is 0 Å². The van der Waals surface area contributed by atoms with Crippen molar-refractivity contribution in [1.29, 1.82) is 0 Å². The van der Waals surface area contributed by atoms with E-state index >= 15 is 0 Å². The molecule has 1 fully saturated rings. The molecule has 0 aliphatic carbocycles. The molecule has 2 rings (SSSR count). The molecule has 2 atom stereocenters. The van der Waals surface area contributed by atoms with Gasteiger partial charge in [0.1, 0.15) is 5.82 Å². The van der Waals surface area contributed by atoms with Crippen LogP contribution in [-0.4, -0.2) is 49.7 Å². The Morgan fingerprint density at radius 1 is 1.45 bits per heavy atom. The van der Waals surface area contributed by atoms with E-state index in [0.717, 1.165) is 25.5 Å². The zero-order valence-electron chi connectivity index (χ0n) is 13.3. The molecule has 1 N–H and O–H groups in total. The highest BCUT2D eigenvalue weighted by Gasteiger charge is 2.25. The third kappa shape index (κ3) is 3.70. The maximum atomic E-state index is 4.69. The number of aromatic nitrogens is 1. The fraction of sp³-hybridized carbons (Fsp3) is 0.688. The van der Waals surface area contributed by atoms with Gasteiger partial charge in [0.25, 0.3) is 0 Å². The molecular formula is C16H28N4. The molecule has 0 bridgehead atoms. The standard InChI is InChI=1S/C16H28N4/c1-5-17-13(2)14-8-9-16(18-11-14)20-10-6-7-15(20)12-19(3)4/h8-9,11,13,15,17H,5-7,10,12H2,1-4H3. The van der Waals surface area contributed by atoms with Crippen LogP contribution < -0.4 is 10.2 Å². The quantitative estimate of drug-likeness (QED) is 0.864.